The molecule has 0 saturated carbocycles. The predicted octanol–water partition coefficient (Wildman–Crippen LogP) is 2.13. The second-order valence-corrected chi connectivity index (χ2v) is 6.03. The molecule has 0 aliphatic heterocycles. The van der Waals surface area contributed by atoms with E-state index in [1.54, 1.807) is 17.2 Å². The van der Waals surface area contributed by atoms with Crippen molar-refractivity contribution in [3.8, 4) is 0 Å². The summed E-state index contributed by atoms with van der Waals surface area (Å²) in [7, 11) is 0. The van der Waals surface area contributed by atoms with Gasteiger partial charge in [0.15, 0.2) is 5.82 Å². The van der Waals surface area contributed by atoms with E-state index in [9.17, 15) is 0 Å². The minimum absolute atomic E-state index is 0.560. The Hall–Kier alpha value is -3.29. The maximum absolute atomic E-state index is 4.46. The molecule has 0 radical (unpaired) electrons. The summed E-state index contributed by atoms with van der Waals surface area (Å²) in [5.41, 5.74) is 3.88. The first kappa shape index (κ1) is 16.2. The first-order valence-electron chi connectivity index (χ1n) is 8.68. The molecule has 0 aliphatic carbocycles. The third-order valence-corrected chi connectivity index (χ3v) is 4.30. The molecule has 3 heterocycles. The summed E-state index contributed by atoms with van der Waals surface area (Å²) in [6.45, 7) is 3.47. The fraction of sp³-hybridized carbons (Fsp3) is 0.278. The summed E-state index contributed by atoms with van der Waals surface area (Å²) in [5, 5.41) is 24.2. The Morgan fingerprint density at radius 3 is 2.73 bits per heavy atom. The Morgan fingerprint density at radius 2 is 1.88 bits per heavy atom. The van der Waals surface area contributed by atoms with Crippen molar-refractivity contribution in [2.45, 2.75) is 32.9 Å². The van der Waals surface area contributed by atoms with E-state index in [1.165, 1.54) is 5.56 Å². The van der Waals surface area contributed by atoms with Gasteiger partial charge >= 0.3 is 0 Å². The number of rotatable bonds is 7. The Balaban J connectivity index is 1.47. The zero-order valence-electron chi connectivity index (χ0n) is 14.6. The van der Waals surface area contributed by atoms with E-state index >= 15 is 0 Å². The van der Waals surface area contributed by atoms with E-state index in [1.807, 2.05) is 12.1 Å². The molecule has 0 unspecified atom stereocenters. The monoisotopic (exact) mass is 348 g/mol. The standard InChI is InChI=1S/C18H20N8/c1-2-15-10-16(18-23-21-13-26(18)24-15)19-11-17-22-20-12-25(17)9-8-14-6-4-3-5-7-14/h3-7,10,12-13,19H,2,8-9,11H2,1H3. The summed E-state index contributed by atoms with van der Waals surface area (Å²) in [5.74, 6) is 0.883. The molecule has 0 aliphatic rings. The van der Waals surface area contributed by atoms with Crippen LogP contribution in [-0.2, 0) is 25.9 Å². The molecular weight excluding hydrogens is 328 g/mol. The van der Waals surface area contributed by atoms with Gasteiger partial charge in [-0.15, -0.1) is 20.4 Å². The van der Waals surface area contributed by atoms with Crippen LogP contribution in [0.3, 0.4) is 0 Å². The molecule has 8 nitrogen and oxygen atoms in total. The van der Waals surface area contributed by atoms with Crippen molar-refractivity contribution in [3.05, 3.63) is 66.1 Å². The molecule has 0 bridgehead atoms. The highest BCUT2D eigenvalue weighted by Gasteiger charge is 2.09. The Morgan fingerprint density at radius 1 is 1.04 bits per heavy atom. The van der Waals surface area contributed by atoms with E-state index in [4.69, 9.17) is 0 Å². The lowest BCUT2D eigenvalue weighted by molar-refractivity contribution is 0.657. The molecule has 4 rings (SSSR count). The zero-order valence-corrected chi connectivity index (χ0v) is 14.6. The number of anilines is 1. The Kier molecular flexibility index (Phi) is 4.55. The maximum atomic E-state index is 4.46. The van der Waals surface area contributed by atoms with Crippen LogP contribution in [0.1, 0.15) is 24.0 Å². The lowest BCUT2D eigenvalue weighted by atomic mass is 10.1. The second kappa shape index (κ2) is 7.30. The topological polar surface area (TPSA) is 85.8 Å². The van der Waals surface area contributed by atoms with Crippen molar-refractivity contribution in [2.75, 3.05) is 5.32 Å². The molecule has 8 heteroatoms. The first-order valence-corrected chi connectivity index (χ1v) is 8.68. The largest absolute Gasteiger partial charge is 0.375 e. The number of benzene rings is 1. The van der Waals surface area contributed by atoms with Crippen LogP contribution in [-0.4, -0.2) is 34.6 Å². The van der Waals surface area contributed by atoms with Gasteiger partial charge in [-0.2, -0.15) is 9.61 Å². The quantitative estimate of drug-likeness (QED) is 0.551. The summed E-state index contributed by atoms with van der Waals surface area (Å²) in [4.78, 5) is 0. The van der Waals surface area contributed by atoms with E-state index in [0.29, 0.717) is 12.2 Å². The van der Waals surface area contributed by atoms with Gasteiger partial charge in [0, 0.05) is 6.54 Å². The van der Waals surface area contributed by atoms with Crippen LogP contribution in [0, 0.1) is 0 Å². The van der Waals surface area contributed by atoms with Gasteiger partial charge in [-0.3, -0.25) is 0 Å². The molecule has 0 spiro atoms. The Bertz CT molecular complexity index is 989. The van der Waals surface area contributed by atoms with Crippen molar-refractivity contribution < 1.29 is 0 Å². The second-order valence-electron chi connectivity index (χ2n) is 6.03. The van der Waals surface area contributed by atoms with E-state index in [2.05, 4.69) is 66.6 Å². The molecule has 1 aromatic carbocycles. The van der Waals surface area contributed by atoms with E-state index in [-0.39, 0.29) is 0 Å². The SMILES string of the molecule is CCc1cc(NCc2nncn2CCc2ccccc2)c2nncn2n1. The molecule has 0 amide bonds. The minimum atomic E-state index is 0.560. The average molecular weight is 348 g/mol. The molecule has 132 valence electrons. The van der Waals surface area contributed by atoms with Gasteiger partial charge in [0.05, 0.1) is 17.9 Å². The zero-order chi connectivity index (χ0) is 17.8. The molecule has 3 aromatic heterocycles. The van der Waals surface area contributed by atoms with Gasteiger partial charge in [-0.25, -0.2) is 0 Å². The normalized spacial score (nSPS) is 11.1. The molecule has 0 fully saturated rings. The van der Waals surface area contributed by atoms with E-state index < -0.39 is 0 Å². The molecule has 1 N–H and O–H groups in total. The molecule has 0 saturated heterocycles. The summed E-state index contributed by atoms with van der Waals surface area (Å²) >= 11 is 0. The van der Waals surface area contributed by atoms with Crippen molar-refractivity contribution in [2.24, 2.45) is 0 Å². The van der Waals surface area contributed by atoms with Crippen molar-refractivity contribution in [1.82, 2.24) is 34.6 Å². The number of hydrogen-bond donors (Lipinski definition) is 1. The van der Waals surface area contributed by atoms with Crippen molar-refractivity contribution in [1.29, 1.82) is 0 Å². The minimum Gasteiger partial charge on any atom is -0.375 e. The summed E-state index contributed by atoms with van der Waals surface area (Å²) < 4.78 is 3.77. The highest BCUT2D eigenvalue weighted by atomic mass is 15.3. The van der Waals surface area contributed by atoms with Gasteiger partial charge < -0.3 is 9.88 Å². The fourth-order valence-electron chi connectivity index (χ4n) is 2.85. The van der Waals surface area contributed by atoms with Crippen LogP contribution in [0.25, 0.3) is 5.65 Å². The number of aromatic nitrogens is 7. The number of nitrogens with zero attached hydrogens (tertiary/aromatic N) is 7. The lowest BCUT2D eigenvalue weighted by Crippen LogP contribution is -2.11. The van der Waals surface area contributed by atoms with Crippen LogP contribution in [0.2, 0.25) is 0 Å². The first-order chi connectivity index (χ1) is 12.8. The highest BCUT2D eigenvalue weighted by Crippen LogP contribution is 2.16. The van der Waals surface area contributed by atoms with E-state index in [0.717, 1.165) is 36.6 Å². The smallest absolute Gasteiger partial charge is 0.200 e. The average Bonchev–Trinajstić information content (AvgIpc) is 3.34. The molecule has 4 aromatic rings. The van der Waals surface area contributed by atoms with Crippen LogP contribution in [0.5, 0.6) is 0 Å². The molecular formula is C18H20N8. The number of fused-ring (bicyclic) bond motifs is 1. The maximum Gasteiger partial charge on any atom is 0.200 e. The lowest BCUT2D eigenvalue weighted by Gasteiger charge is -2.10. The van der Waals surface area contributed by atoms with Crippen LogP contribution >= 0.6 is 0 Å². The molecule has 26 heavy (non-hydrogen) atoms. The van der Waals surface area contributed by atoms with Crippen LogP contribution < -0.4 is 5.32 Å². The number of aryl methyl sites for hydroxylation is 3. The van der Waals surface area contributed by atoms with Gasteiger partial charge in [0.25, 0.3) is 0 Å². The molecule has 0 atom stereocenters. The van der Waals surface area contributed by atoms with Gasteiger partial charge in [0.1, 0.15) is 12.7 Å². The van der Waals surface area contributed by atoms with Crippen LogP contribution in [0.15, 0.2) is 49.1 Å². The highest BCUT2D eigenvalue weighted by molar-refractivity contribution is 5.66. The third-order valence-electron chi connectivity index (χ3n) is 4.30. The summed E-state index contributed by atoms with van der Waals surface area (Å²) in [6, 6.07) is 12.4. The predicted molar refractivity (Wildman–Crippen MR) is 97.7 cm³/mol. The van der Waals surface area contributed by atoms with Crippen molar-refractivity contribution in [3.63, 3.8) is 0 Å². The van der Waals surface area contributed by atoms with Crippen molar-refractivity contribution >= 4 is 11.3 Å². The third kappa shape index (κ3) is 3.39. The Labute approximate surface area is 150 Å². The van der Waals surface area contributed by atoms with Crippen LogP contribution in [0.4, 0.5) is 5.69 Å². The summed E-state index contributed by atoms with van der Waals surface area (Å²) in [6.07, 6.45) is 5.17. The number of hydrogen-bond acceptors (Lipinski definition) is 6. The van der Waals surface area contributed by atoms with Gasteiger partial charge in [-0.1, -0.05) is 37.3 Å². The number of nitrogens with one attached hydrogen (secondary N) is 1. The van der Waals surface area contributed by atoms with Gasteiger partial charge in [-0.05, 0) is 24.5 Å². The fourth-order valence-corrected chi connectivity index (χ4v) is 2.85. The van der Waals surface area contributed by atoms with Gasteiger partial charge in [0.2, 0.25) is 5.65 Å².